The molecule has 1 aliphatic carbocycles. The van der Waals surface area contributed by atoms with Crippen LogP contribution in [0.5, 0.6) is 0 Å². The minimum atomic E-state index is -3.43. The first-order valence-corrected chi connectivity index (χ1v) is 15.8. The number of carbonyl (C=O) groups excluding carboxylic acids is 2. The molecule has 0 aromatic heterocycles. The van der Waals surface area contributed by atoms with Crippen LogP contribution in [-0.4, -0.2) is 83.2 Å². The van der Waals surface area contributed by atoms with Crippen LogP contribution in [0, 0.1) is 11.8 Å². The molecule has 39 heavy (non-hydrogen) atoms. The predicted octanol–water partition coefficient (Wildman–Crippen LogP) is 2.11. The molecule has 1 saturated carbocycles. The van der Waals surface area contributed by atoms with E-state index >= 15 is 0 Å². The summed E-state index contributed by atoms with van der Waals surface area (Å²) in [4.78, 5) is 30.4. The van der Waals surface area contributed by atoms with Crippen molar-refractivity contribution in [3.05, 3.63) is 59.1 Å². The largest absolute Gasteiger partial charge is 0.366 e. The van der Waals surface area contributed by atoms with Gasteiger partial charge < -0.3 is 20.4 Å². The number of hydrogen-bond donors (Lipinski definition) is 2. The zero-order chi connectivity index (χ0) is 27.6. The van der Waals surface area contributed by atoms with Crippen LogP contribution in [0.2, 0.25) is 5.02 Å². The highest BCUT2D eigenvalue weighted by Gasteiger charge is 2.34. The van der Waals surface area contributed by atoms with E-state index in [2.05, 4.69) is 15.5 Å². The predicted molar refractivity (Wildman–Crippen MR) is 154 cm³/mol. The molecule has 0 bridgehead atoms. The lowest BCUT2D eigenvalue weighted by atomic mass is 9.99. The maximum atomic E-state index is 13.7. The number of para-hydroxylation sites is 2. The molecule has 2 aromatic carbocycles. The second-order valence-corrected chi connectivity index (χ2v) is 13.1. The number of benzene rings is 2. The molecule has 0 radical (unpaired) electrons. The molecule has 2 aliphatic heterocycles. The number of rotatable bonds is 10. The molecule has 2 heterocycles. The van der Waals surface area contributed by atoms with Crippen molar-refractivity contribution in [3.8, 4) is 0 Å². The Kier molecular flexibility index (Phi) is 8.35. The second kappa shape index (κ2) is 11.7. The molecule has 210 valence electrons. The quantitative estimate of drug-likeness (QED) is 0.451. The van der Waals surface area contributed by atoms with E-state index in [1.165, 1.54) is 10.6 Å². The van der Waals surface area contributed by atoms with Crippen LogP contribution in [0.3, 0.4) is 0 Å². The third-order valence-corrected chi connectivity index (χ3v) is 9.12. The molecule has 2 saturated heterocycles. The van der Waals surface area contributed by atoms with Gasteiger partial charge in [-0.05, 0) is 48.6 Å². The molecule has 2 N–H and O–H groups in total. The Balaban J connectivity index is 1.28. The van der Waals surface area contributed by atoms with Crippen molar-refractivity contribution >= 4 is 44.8 Å². The summed E-state index contributed by atoms with van der Waals surface area (Å²) in [5.74, 6) is 0.0771. The van der Waals surface area contributed by atoms with Gasteiger partial charge in [0.25, 0.3) is 0 Å². The number of nitrogens with one attached hydrogen (secondary N) is 2. The summed E-state index contributed by atoms with van der Waals surface area (Å²) in [6.07, 6.45) is 3.76. The number of nitrogens with zero attached hydrogens (tertiary/aromatic N) is 3. The van der Waals surface area contributed by atoms with Gasteiger partial charge >= 0.3 is 0 Å². The highest BCUT2D eigenvalue weighted by Crippen LogP contribution is 2.37. The Labute approximate surface area is 235 Å². The van der Waals surface area contributed by atoms with Gasteiger partial charge in [0, 0.05) is 57.3 Å². The number of piperazine rings is 1. The zero-order valence-corrected chi connectivity index (χ0v) is 23.8. The third-order valence-electron chi connectivity index (χ3n) is 7.72. The Bertz CT molecular complexity index is 1290. The normalized spacial score (nSPS) is 18.8. The van der Waals surface area contributed by atoms with E-state index in [1.54, 1.807) is 17.0 Å². The number of halogens is 1. The molecule has 3 aliphatic rings. The standard InChI is InChI=1S/C28H36ClN5O4S/c1-39(37,38)34(19-21-6-7-21)26-5-3-2-4-25(26)32-12-14-33(15-13-32)28(36)24(31-27(35)22-17-30-18-22)16-20-8-10-23(29)11-9-20/h2-5,8-11,21-22,24,30H,6-7,12-19H2,1H3,(H,31,35). The monoisotopic (exact) mass is 573 g/mol. The van der Waals surface area contributed by atoms with Gasteiger partial charge in [0.2, 0.25) is 21.8 Å². The first-order valence-electron chi connectivity index (χ1n) is 13.5. The van der Waals surface area contributed by atoms with Gasteiger partial charge in [0.1, 0.15) is 6.04 Å². The number of sulfonamides is 1. The maximum Gasteiger partial charge on any atom is 0.245 e. The number of amides is 2. The Morgan fingerprint density at radius 3 is 2.31 bits per heavy atom. The van der Waals surface area contributed by atoms with E-state index in [1.807, 2.05) is 36.4 Å². The molecule has 1 atom stereocenters. The van der Waals surface area contributed by atoms with Crippen molar-refractivity contribution in [1.82, 2.24) is 15.5 Å². The molecule has 1 unspecified atom stereocenters. The lowest BCUT2D eigenvalue weighted by Crippen LogP contribution is -2.58. The van der Waals surface area contributed by atoms with Crippen LogP contribution in [0.15, 0.2) is 48.5 Å². The van der Waals surface area contributed by atoms with E-state index in [9.17, 15) is 18.0 Å². The van der Waals surface area contributed by atoms with Crippen molar-refractivity contribution in [2.45, 2.75) is 25.3 Å². The van der Waals surface area contributed by atoms with Crippen LogP contribution in [-0.2, 0) is 26.0 Å². The first-order chi connectivity index (χ1) is 18.7. The lowest BCUT2D eigenvalue weighted by Gasteiger charge is -2.39. The topological polar surface area (TPSA) is 102 Å². The number of hydrogen-bond acceptors (Lipinski definition) is 6. The van der Waals surface area contributed by atoms with Gasteiger partial charge in [-0.25, -0.2) is 8.42 Å². The molecule has 11 heteroatoms. The lowest BCUT2D eigenvalue weighted by molar-refractivity contribution is -0.138. The summed E-state index contributed by atoms with van der Waals surface area (Å²) in [5.41, 5.74) is 2.47. The molecule has 2 amide bonds. The average Bonchev–Trinajstić information content (AvgIpc) is 3.71. The molecule has 5 rings (SSSR count). The fraction of sp³-hybridized carbons (Fsp3) is 0.500. The summed E-state index contributed by atoms with van der Waals surface area (Å²) >= 11 is 6.04. The van der Waals surface area contributed by atoms with Crippen molar-refractivity contribution in [1.29, 1.82) is 0 Å². The Hall–Kier alpha value is -2.82. The van der Waals surface area contributed by atoms with E-state index < -0.39 is 16.1 Å². The maximum absolute atomic E-state index is 13.7. The van der Waals surface area contributed by atoms with Gasteiger partial charge in [0.05, 0.1) is 23.5 Å². The van der Waals surface area contributed by atoms with Crippen LogP contribution >= 0.6 is 11.6 Å². The summed E-state index contributed by atoms with van der Waals surface area (Å²) in [6.45, 7) is 3.83. The first kappa shape index (κ1) is 27.7. The van der Waals surface area contributed by atoms with Gasteiger partial charge in [-0.1, -0.05) is 35.9 Å². The second-order valence-electron chi connectivity index (χ2n) is 10.8. The van der Waals surface area contributed by atoms with Crippen molar-refractivity contribution in [2.24, 2.45) is 11.8 Å². The summed E-state index contributed by atoms with van der Waals surface area (Å²) in [5, 5.41) is 6.72. The molecule has 3 fully saturated rings. The minimum Gasteiger partial charge on any atom is -0.366 e. The van der Waals surface area contributed by atoms with Crippen LogP contribution in [0.4, 0.5) is 11.4 Å². The number of anilines is 2. The molecular weight excluding hydrogens is 538 g/mol. The highest BCUT2D eigenvalue weighted by molar-refractivity contribution is 7.92. The van der Waals surface area contributed by atoms with Gasteiger partial charge in [-0.15, -0.1) is 0 Å². The SMILES string of the molecule is CS(=O)(=O)N(CC1CC1)c1ccccc1N1CCN(C(=O)C(Cc2ccc(Cl)cc2)NC(=O)C2CNC2)CC1. The minimum absolute atomic E-state index is 0.106. The van der Waals surface area contributed by atoms with Crippen molar-refractivity contribution in [2.75, 3.05) is 61.3 Å². The fourth-order valence-corrected chi connectivity index (χ4v) is 6.22. The Morgan fingerprint density at radius 2 is 1.72 bits per heavy atom. The third kappa shape index (κ3) is 6.85. The molecular formula is C28H36ClN5O4S. The Morgan fingerprint density at radius 1 is 1.05 bits per heavy atom. The van der Waals surface area contributed by atoms with Crippen molar-refractivity contribution < 1.29 is 18.0 Å². The smallest absolute Gasteiger partial charge is 0.245 e. The van der Waals surface area contributed by atoms with E-state index in [-0.39, 0.29) is 17.7 Å². The van der Waals surface area contributed by atoms with Crippen LogP contribution < -0.4 is 19.8 Å². The average molecular weight is 574 g/mol. The molecule has 0 spiro atoms. The van der Waals surface area contributed by atoms with E-state index in [4.69, 9.17) is 11.6 Å². The summed E-state index contributed by atoms with van der Waals surface area (Å²) < 4.78 is 26.9. The van der Waals surface area contributed by atoms with Gasteiger partial charge in [0.15, 0.2) is 0 Å². The molecule has 2 aromatic rings. The van der Waals surface area contributed by atoms with E-state index in [0.717, 1.165) is 24.1 Å². The number of carbonyl (C=O) groups is 2. The van der Waals surface area contributed by atoms with E-state index in [0.29, 0.717) is 68.9 Å². The van der Waals surface area contributed by atoms with Crippen LogP contribution in [0.1, 0.15) is 18.4 Å². The summed E-state index contributed by atoms with van der Waals surface area (Å²) in [7, 11) is -3.43. The van der Waals surface area contributed by atoms with Crippen LogP contribution in [0.25, 0.3) is 0 Å². The zero-order valence-electron chi connectivity index (χ0n) is 22.2. The van der Waals surface area contributed by atoms with Crippen molar-refractivity contribution in [3.63, 3.8) is 0 Å². The summed E-state index contributed by atoms with van der Waals surface area (Å²) in [6, 6.07) is 14.3. The highest BCUT2D eigenvalue weighted by atomic mass is 35.5. The molecule has 9 nitrogen and oxygen atoms in total. The van der Waals surface area contributed by atoms with Gasteiger partial charge in [-0.3, -0.25) is 13.9 Å². The van der Waals surface area contributed by atoms with Gasteiger partial charge in [-0.2, -0.15) is 0 Å². The fourth-order valence-electron chi connectivity index (χ4n) is 5.10.